The van der Waals surface area contributed by atoms with Gasteiger partial charge in [0.05, 0.1) is 26.5 Å². The van der Waals surface area contributed by atoms with E-state index in [0.717, 1.165) is 4.88 Å². The van der Waals surface area contributed by atoms with Crippen LogP contribution in [0.25, 0.3) is 0 Å². The fraction of sp³-hybridized carbons (Fsp3) is 0.214. The summed E-state index contributed by atoms with van der Waals surface area (Å²) >= 11 is 1.60. The summed E-state index contributed by atoms with van der Waals surface area (Å²) in [5.41, 5.74) is 0.594. The lowest BCUT2D eigenvalue weighted by Crippen LogP contribution is -2.28. The van der Waals surface area contributed by atoms with Crippen LogP contribution in [0.15, 0.2) is 35.7 Å². The van der Waals surface area contributed by atoms with Crippen molar-refractivity contribution in [3.05, 3.63) is 40.6 Å². The molecule has 2 rings (SSSR count). The molecule has 0 aliphatic heterocycles. The summed E-state index contributed by atoms with van der Waals surface area (Å²) in [5.74, 6) is 1.22. The number of hydrogen-bond acceptors (Lipinski definition) is 4. The highest BCUT2D eigenvalue weighted by atomic mass is 32.1. The van der Waals surface area contributed by atoms with E-state index in [1.807, 2.05) is 17.5 Å². The minimum absolute atomic E-state index is 0.276. The van der Waals surface area contributed by atoms with Crippen molar-refractivity contribution in [1.82, 2.24) is 5.32 Å². The Labute approximate surface area is 121 Å². The van der Waals surface area contributed by atoms with E-state index in [9.17, 15) is 4.79 Å². The maximum absolute atomic E-state index is 11.8. The van der Waals surface area contributed by atoms with Gasteiger partial charge in [0, 0.05) is 10.9 Å². The minimum Gasteiger partial charge on any atom is -0.497 e. The van der Waals surface area contributed by atoms with E-state index in [-0.39, 0.29) is 6.03 Å². The van der Waals surface area contributed by atoms with Crippen molar-refractivity contribution in [2.24, 2.45) is 0 Å². The Morgan fingerprint density at radius 3 is 2.75 bits per heavy atom. The molecule has 2 amide bonds. The molecule has 0 saturated carbocycles. The molecule has 106 valence electrons. The van der Waals surface area contributed by atoms with E-state index >= 15 is 0 Å². The molecule has 2 N–H and O–H groups in total. The van der Waals surface area contributed by atoms with E-state index in [4.69, 9.17) is 9.47 Å². The molecule has 0 aliphatic rings. The number of amides is 2. The average Bonchev–Trinajstić information content (AvgIpc) is 2.99. The van der Waals surface area contributed by atoms with E-state index in [1.165, 1.54) is 0 Å². The highest BCUT2D eigenvalue weighted by molar-refractivity contribution is 7.09. The summed E-state index contributed by atoms with van der Waals surface area (Å²) in [6, 6.07) is 8.86. The van der Waals surface area contributed by atoms with Crippen LogP contribution in [-0.4, -0.2) is 20.3 Å². The summed E-state index contributed by atoms with van der Waals surface area (Å²) in [4.78, 5) is 12.9. The monoisotopic (exact) mass is 292 g/mol. The zero-order valence-corrected chi connectivity index (χ0v) is 12.1. The number of rotatable bonds is 5. The fourth-order valence-corrected chi connectivity index (χ4v) is 2.29. The second kappa shape index (κ2) is 6.81. The molecule has 5 nitrogen and oxygen atoms in total. The largest absolute Gasteiger partial charge is 0.497 e. The summed E-state index contributed by atoms with van der Waals surface area (Å²) < 4.78 is 10.3. The average molecular weight is 292 g/mol. The van der Waals surface area contributed by atoms with Gasteiger partial charge in [-0.1, -0.05) is 6.07 Å². The number of urea groups is 1. The molecule has 20 heavy (non-hydrogen) atoms. The standard InChI is InChI=1S/C14H16N2O3S/c1-18-10-5-6-12(13(8-10)19-2)16-14(17)15-9-11-4-3-7-20-11/h3-8H,9H2,1-2H3,(H2,15,16,17). The second-order valence-electron chi connectivity index (χ2n) is 3.95. The highest BCUT2D eigenvalue weighted by Gasteiger charge is 2.08. The van der Waals surface area contributed by atoms with Crippen molar-refractivity contribution < 1.29 is 14.3 Å². The van der Waals surface area contributed by atoms with E-state index < -0.39 is 0 Å². The van der Waals surface area contributed by atoms with Gasteiger partial charge in [-0.2, -0.15) is 0 Å². The zero-order valence-electron chi connectivity index (χ0n) is 11.3. The maximum atomic E-state index is 11.8. The van der Waals surface area contributed by atoms with Crippen molar-refractivity contribution in [3.63, 3.8) is 0 Å². The Balaban J connectivity index is 1.96. The van der Waals surface area contributed by atoms with Crippen LogP contribution in [0.3, 0.4) is 0 Å². The lowest BCUT2D eigenvalue weighted by atomic mass is 10.2. The first kappa shape index (κ1) is 14.2. The van der Waals surface area contributed by atoms with Crippen LogP contribution in [0, 0.1) is 0 Å². The number of carbonyl (C=O) groups is 1. The first-order valence-electron chi connectivity index (χ1n) is 6.02. The summed E-state index contributed by atoms with van der Waals surface area (Å²) in [6.07, 6.45) is 0. The van der Waals surface area contributed by atoms with Crippen LogP contribution in [0.2, 0.25) is 0 Å². The van der Waals surface area contributed by atoms with Gasteiger partial charge < -0.3 is 20.1 Å². The van der Waals surface area contributed by atoms with Crippen molar-refractivity contribution in [3.8, 4) is 11.5 Å². The van der Waals surface area contributed by atoms with Crippen LogP contribution >= 0.6 is 11.3 Å². The SMILES string of the molecule is COc1ccc(NC(=O)NCc2cccs2)c(OC)c1. The molecule has 1 aromatic heterocycles. The molecule has 0 fully saturated rings. The molecular weight excluding hydrogens is 276 g/mol. The molecule has 0 saturated heterocycles. The van der Waals surface area contributed by atoms with Gasteiger partial charge in [-0.05, 0) is 23.6 Å². The van der Waals surface area contributed by atoms with E-state index in [1.54, 1.807) is 43.8 Å². The summed E-state index contributed by atoms with van der Waals surface area (Å²) in [6.45, 7) is 0.502. The number of benzene rings is 1. The molecule has 0 radical (unpaired) electrons. The third-order valence-corrected chi connectivity index (χ3v) is 3.54. The Morgan fingerprint density at radius 1 is 1.25 bits per heavy atom. The normalized spacial score (nSPS) is 9.90. The Bertz CT molecular complexity index is 570. The molecule has 1 aromatic carbocycles. The van der Waals surface area contributed by atoms with Gasteiger partial charge in [-0.15, -0.1) is 11.3 Å². The van der Waals surface area contributed by atoms with Crippen LogP contribution in [0.1, 0.15) is 4.88 Å². The van der Waals surface area contributed by atoms with Crippen molar-refractivity contribution in [2.45, 2.75) is 6.54 Å². The van der Waals surface area contributed by atoms with Gasteiger partial charge in [-0.3, -0.25) is 0 Å². The molecule has 0 unspecified atom stereocenters. The molecule has 1 heterocycles. The molecule has 0 aliphatic carbocycles. The zero-order chi connectivity index (χ0) is 14.4. The molecular formula is C14H16N2O3S. The number of thiophene rings is 1. The lowest BCUT2D eigenvalue weighted by Gasteiger charge is -2.12. The third kappa shape index (κ3) is 3.64. The van der Waals surface area contributed by atoms with Crippen LogP contribution in [-0.2, 0) is 6.54 Å². The smallest absolute Gasteiger partial charge is 0.319 e. The topological polar surface area (TPSA) is 59.6 Å². The van der Waals surface area contributed by atoms with E-state index in [2.05, 4.69) is 10.6 Å². The predicted octanol–water partition coefficient (Wildman–Crippen LogP) is 3.09. The molecule has 0 spiro atoms. The van der Waals surface area contributed by atoms with Gasteiger partial charge in [0.1, 0.15) is 11.5 Å². The van der Waals surface area contributed by atoms with Gasteiger partial charge >= 0.3 is 6.03 Å². The minimum atomic E-state index is -0.276. The summed E-state index contributed by atoms with van der Waals surface area (Å²) in [7, 11) is 3.12. The lowest BCUT2D eigenvalue weighted by molar-refractivity contribution is 0.251. The molecule has 2 aromatic rings. The third-order valence-electron chi connectivity index (χ3n) is 2.66. The number of carbonyl (C=O) groups excluding carboxylic acids is 1. The van der Waals surface area contributed by atoms with E-state index in [0.29, 0.717) is 23.7 Å². The number of ether oxygens (including phenoxy) is 2. The van der Waals surface area contributed by atoms with Gasteiger partial charge in [-0.25, -0.2) is 4.79 Å². The van der Waals surface area contributed by atoms with Gasteiger partial charge in [0.2, 0.25) is 0 Å². The number of nitrogens with one attached hydrogen (secondary N) is 2. The Hall–Kier alpha value is -2.21. The van der Waals surface area contributed by atoms with Crippen LogP contribution in [0.4, 0.5) is 10.5 Å². The van der Waals surface area contributed by atoms with Gasteiger partial charge in [0.25, 0.3) is 0 Å². The van der Waals surface area contributed by atoms with Crippen LogP contribution < -0.4 is 20.1 Å². The maximum Gasteiger partial charge on any atom is 0.319 e. The first-order valence-corrected chi connectivity index (χ1v) is 6.90. The quantitative estimate of drug-likeness (QED) is 0.890. The first-order chi connectivity index (χ1) is 9.72. The molecule has 6 heteroatoms. The number of anilines is 1. The Morgan fingerprint density at radius 2 is 2.10 bits per heavy atom. The molecule has 0 atom stereocenters. The van der Waals surface area contributed by atoms with Crippen molar-refractivity contribution in [2.75, 3.05) is 19.5 Å². The predicted molar refractivity (Wildman–Crippen MR) is 79.7 cm³/mol. The molecule has 0 bridgehead atoms. The fourth-order valence-electron chi connectivity index (χ4n) is 1.65. The Kier molecular flexibility index (Phi) is 4.84. The van der Waals surface area contributed by atoms with Crippen LogP contribution in [0.5, 0.6) is 11.5 Å². The number of methoxy groups -OCH3 is 2. The van der Waals surface area contributed by atoms with Gasteiger partial charge in [0.15, 0.2) is 0 Å². The number of hydrogen-bond donors (Lipinski definition) is 2. The highest BCUT2D eigenvalue weighted by Crippen LogP contribution is 2.28. The second-order valence-corrected chi connectivity index (χ2v) is 4.99. The summed E-state index contributed by atoms with van der Waals surface area (Å²) in [5, 5.41) is 7.51. The van der Waals surface area contributed by atoms with Crippen molar-refractivity contribution in [1.29, 1.82) is 0 Å². The van der Waals surface area contributed by atoms with Crippen molar-refractivity contribution >= 4 is 23.1 Å².